The zero-order valence-corrected chi connectivity index (χ0v) is 16.9. The van der Waals surface area contributed by atoms with Gasteiger partial charge in [-0.1, -0.05) is 6.92 Å². The normalized spacial score (nSPS) is 13.0. The Morgan fingerprint density at radius 2 is 2.10 bits per heavy atom. The Morgan fingerprint density at radius 3 is 2.62 bits per heavy atom. The van der Waals surface area contributed by atoms with Gasteiger partial charge in [-0.25, -0.2) is 0 Å². The standard InChI is InChI=1S/C15H28N4S.HI/c1-6-12(2)19(5)10-9-17-15(16-4)18-11-14-8-7-13(3)20-14;/h7-8,12H,6,9-11H2,1-5H3,(H2,16,17,18);1H. The Labute approximate surface area is 150 Å². The Hall–Kier alpha value is -0.340. The number of rotatable bonds is 7. The van der Waals surface area contributed by atoms with E-state index in [4.69, 9.17) is 0 Å². The van der Waals surface area contributed by atoms with Crippen molar-refractivity contribution in [3.8, 4) is 0 Å². The van der Waals surface area contributed by atoms with Crippen LogP contribution in [-0.2, 0) is 6.54 Å². The molecule has 1 unspecified atom stereocenters. The van der Waals surface area contributed by atoms with E-state index in [1.807, 2.05) is 18.4 Å². The van der Waals surface area contributed by atoms with Gasteiger partial charge in [0.05, 0.1) is 6.54 Å². The molecular weight excluding hydrogens is 395 g/mol. The molecule has 0 amide bonds. The Kier molecular flexibility index (Phi) is 11.1. The number of aliphatic imine (C=N–C) groups is 1. The van der Waals surface area contributed by atoms with Gasteiger partial charge in [-0.3, -0.25) is 4.99 Å². The summed E-state index contributed by atoms with van der Waals surface area (Å²) in [5.74, 6) is 0.869. The maximum Gasteiger partial charge on any atom is 0.191 e. The topological polar surface area (TPSA) is 39.7 Å². The number of likely N-dealkylation sites (N-methyl/N-ethyl adjacent to an activating group) is 1. The zero-order chi connectivity index (χ0) is 15.0. The number of hydrogen-bond acceptors (Lipinski definition) is 3. The smallest absolute Gasteiger partial charge is 0.191 e. The van der Waals surface area contributed by atoms with E-state index in [9.17, 15) is 0 Å². The number of nitrogens with one attached hydrogen (secondary N) is 2. The first-order valence-electron chi connectivity index (χ1n) is 7.26. The molecule has 1 heterocycles. The van der Waals surface area contributed by atoms with Gasteiger partial charge in [-0.2, -0.15) is 0 Å². The Balaban J connectivity index is 0.00000400. The molecule has 0 aromatic carbocycles. The van der Waals surface area contributed by atoms with Crippen LogP contribution in [-0.4, -0.2) is 44.1 Å². The van der Waals surface area contributed by atoms with E-state index in [0.717, 1.165) is 25.6 Å². The highest BCUT2D eigenvalue weighted by molar-refractivity contribution is 14.0. The Morgan fingerprint density at radius 1 is 1.38 bits per heavy atom. The van der Waals surface area contributed by atoms with Crippen LogP contribution in [0.5, 0.6) is 0 Å². The molecule has 0 spiro atoms. The number of guanidine groups is 1. The van der Waals surface area contributed by atoms with E-state index in [1.54, 1.807) is 0 Å². The predicted molar refractivity (Wildman–Crippen MR) is 105 cm³/mol. The van der Waals surface area contributed by atoms with Crippen molar-refractivity contribution in [2.24, 2.45) is 4.99 Å². The summed E-state index contributed by atoms with van der Waals surface area (Å²) in [6.45, 7) is 9.37. The molecule has 1 rings (SSSR count). The van der Waals surface area contributed by atoms with Gasteiger partial charge in [0.2, 0.25) is 0 Å². The minimum absolute atomic E-state index is 0. The molecule has 4 nitrogen and oxygen atoms in total. The Bertz CT molecular complexity index is 420. The first kappa shape index (κ1) is 20.7. The van der Waals surface area contributed by atoms with Crippen molar-refractivity contribution in [2.45, 2.75) is 39.8 Å². The van der Waals surface area contributed by atoms with Crippen molar-refractivity contribution in [1.29, 1.82) is 0 Å². The van der Waals surface area contributed by atoms with Gasteiger partial charge in [0.1, 0.15) is 0 Å². The fraction of sp³-hybridized carbons (Fsp3) is 0.667. The highest BCUT2D eigenvalue weighted by Crippen LogP contribution is 2.14. The maximum absolute atomic E-state index is 4.25. The summed E-state index contributed by atoms with van der Waals surface area (Å²) < 4.78 is 0. The van der Waals surface area contributed by atoms with Gasteiger partial charge in [-0.05, 0) is 39.4 Å². The summed E-state index contributed by atoms with van der Waals surface area (Å²) >= 11 is 1.82. The molecule has 0 bridgehead atoms. The molecule has 1 atom stereocenters. The van der Waals surface area contributed by atoms with E-state index in [2.05, 4.69) is 60.5 Å². The molecule has 0 fully saturated rings. The third kappa shape index (κ3) is 8.01. The summed E-state index contributed by atoms with van der Waals surface area (Å²) in [6.07, 6.45) is 1.18. The molecular formula is C15H29IN4S. The van der Waals surface area contributed by atoms with Crippen LogP contribution in [0.2, 0.25) is 0 Å². The van der Waals surface area contributed by atoms with Gasteiger partial charge in [0, 0.05) is 35.9 Å². The number of halogens is 1. The molecule has 0 aliphatic heterocycles. The molecule has 0 aliphatic carbocycles. The fourth-order valence-corrected chi connectivity index (χ4v) is 2.68. The van der Waals surface area contributed by atoms with Gasteiger partial charge >= 0.3 is 0 Å². The number of thiophene rings is 1. The molecule has 6 heteroatoms. The summed E-state index contributed by atoms with van der Waals surface area (Å²) in [6, 6.07) is 4.94. The number of hydrogen-bond donors (Lipinski definition) is 2. The lowest BCUT2D eigenvalue weighted by Gasteiger charge is -2.23. The van der Waals surface area contributed by atoms with Crippen molar-refractivity contribution >= 4 is 41.3 Å². The average Bonchev–Trinajstić information content (AvgIpc) is 2.87. The van der Waals surface area contributed by atoms with Crippen LogP contribution in [0.15, 0.2) is 17.1 Å². The van der Waals surface area contributed by atoms with Crippen LogP contribution in [0.4, 0.5) is 0 Å². The largest absolute Gasteiger partial charge is 0.355 e. The number of aryl methyl sites for hydroxylation is 1. The van der Waals surface area contributed by atoms with Crippen molar-refractivity contribution < 1.29 is 0 Å². The zero-order valence-electron chi connectivity index (χ0n) is 13.8. The second-order valence-electron chi connectivity index (χ2n) is 5.10. The lowest BCUT2D eigenvalue weighted by Crippen LogP contribution is -2.42. The molecule has 122 valence electrons. The highest BCUT2D eigenvalue weighted by Gasteiger charge is 2.06. The monoisotopic (exact) mass is 424 g/mol. The van der Waals surface area contributed by atoms with Crippen molar-refractivity contribution in [3.05, 3.63) is 21.9 Å². The van der Waals surface area contributed by atoms with Gasteiger partial charge in [0.15, 0.2) is 5.96 Å². The molecule has 0 saturated carbocycles. The second-order valence-corrected chi connectivity index (χ2v) is 6.48. The van der Waals surface area contributed by atoms with Crippen LogP contribution in [0, 0.1) is 6.92 Å². The predicted octanol–water partition coefficient (Wildman–Crippen LogP) is 3.07. The summed E-state index contributed by atoms with van der Waals surface area (Å²) in [7, 11) is 3.98. The minimum Gasteiger partial charge on any atom is -0.355 e. The van der Waals surface area contributed by atoms with Crippen molar-refractivity contribution in [2.75, 3.05) is 27.2 Å². The quantitative estimate of drug-likeness (QED) is 0.402. The van der Waals surface area contributed by atoms with Crippen LogP contribution < -0.4 is 10.6 Å². The lowest BCUT2D eigenvalue weighted by molar-refractivity contribution is 0.255. The molecule has 0 saturated heterocycles. The maximum atomic E-state index is 4.25. The molecule has 21 heavy (non-hydrogen) atoms. The fourth-order valence-electron chi connectivity index (χ4n) is 1.85. The summed E-state index contributed by atoms with van der Waals surface area (Å²) in [4.78, 5) is 9.30. The SMILES string of the molecule is CCC(C)N(C)CCNC(=NC)NCc1ccc(C)s1.I. The van der Waals surface area contributed by atoms with E-state index in [-0.39, 0.29) is 24.0 Å². The average molecular weight is 424 g/mol. The molecule has 1 aromatic rings. The minimum atomic E-state index is 0. The van der Waals surface area contributed by atoms with Crippen LogP contribution in [0.1, 0.15) is 30.0 Å². The third-order valence-corrected chi connectivity index (χ3v) is 4.55. The summed E-state index contributed by atoms with van der Waals surface area (Å²) in [5, 5.41) is 6.70. The van der Waals surface area contributed by atoms with E-state index in [1.165, 1.54) is 16.2 Å². The van der Waals surface area contributed by atoms with Gasteiger partial charge in [0.25, 0.3) is 0 Å². The van der Waals surface area contributed by atoms with E-state index < -0.39 is 0 Å². The first-order chi connectivity index (χ1) is 9.56. The molecule has 0 radical (unpaired) electrons. The summed E-state index contributed by atoms with van der Waals surface area (Å²) in [5.41, 5.74) is 0. The van der Waals surface area contributed by atoms with E-state index >= 15 is 0 Å². The van der Waals surface area contributed by atoms with Crippen LogP contribution in [0.3, 0.4) is 0 Å². The number of nitrogens with zero attached hydrogens (tertiary/aromatic N) is 2. The lowest BCUT2D eigenvalue weighted by atomic mass is 10.2. The molecule has 1 aromatic heterocycles. The van der Waals surface area contributed by atoms with Gasteiger partial charge < -0.3 is 15.5 Å². The highest BCUT2D eigenvalue weighted by atomic mass is 127. The first-order valence-corrected chi connectivity index (χ1v) is 8.08. The van der Waals surface area contributed by atoms with Crippen molar-refractivity contribution in [1.82, 2.24) is 15.5 Å². The van der Waals surface area contributed by atoms with Crippen molar-refractivity contribution in [3.63, 3.8) is 0 Å². The van der Waals surface area contributed by atoms with Crippen LogP contribution >= 0.6 is 35.3 Å². The molecule has 2 N–H and O–H groups in total. The van der Waals surface area contributed by atoms with E-state index in [0.29, 0.717) is 6.04 Å². The molecule has 0 aliphatic rings. The van der Waals surface area contributed by atoms with Crippen LogP contribution in [0.25, 0.3) is 0 Å². The second kappa shape index (κ2) is 11.3. The third-order valence-electron chi connectivity index (χ3n) is 3.55. The van der Waals surface area contributed by atoms with Gasteiger partial charge in [-0.15, -0.1) is 35.3 Å².